The maximum absolute atomic E-state index is 13.1. The lowest BCUT2D eigenvalue weighted by molar-refractivity contribution is 0.1000. The molecule has 0 unspecified atom stereocenters. The molecule has 2 heterocycles. The Bertz CT molecular complexity index is 1930. The number of oxazole rings is 1. The van der Waals surface area contributed by atoms with Gasteiger partial charge in [0.15, 0.2) is 11.5 Å². The van der Waals surface area contributed by atoms with Gasteiger partial charge in [-0.2, -0.15) is 0 Å². The number of nitrogens with two attached hydrogens (primary N) is 1. The monoisotopic (exact) mass is 672 g/mol. The molecule has 2 aromatic heterocycles. The number of nitrogens with zero attached hydrogens (tertiary/aromatic N) is 3. The highest BCUT2D eigenvalue weighted by molar-refractivity contribution is 7.57. The molecule has 0 aliphatic carbocycles. The van der Waals surface area contributed by atoms with E-state index in [0.29, 0.717) is 51.4 Å². The number of carbonyl (C=O) groups excluding carboxylic acids is 1. The molecular formula is C35H37N4O8P. The molecular weight excluding hydrogens is 635 g/mol. The van der Waals surface area contributed by atoms with Crippen molar-refractivity contribution in [2.24, 2.45) is 5.73 Å². The van der Waals surface area contributed by atoms with Crippen LogP contribution < -0.4 is 19.9 Å². The maximum Gasteiger partial charge on any atom is 0.354 e. The molecule has 5 rings (SSSR count). The van der Waals surface area contributed by atoms with E-state index in [1.807, 2.05) is 42.5 Å². The Balaban J connectivity index is 1.31. The number of hydrogen-bond acceptors (Lipinski definition) is 10. The Morgan fingerprint density at radius 2 is 1.73 bits per heavy atom. The second-order valence-electron chi connectivity index (χ2n) is 10.4. The van der Waals surface area contributed by atoms with Gasteiger partial charge in [-0.25, -0.2) is 9.67 Å². The van der Waals surface area contributed by atoms with Crippen molar-refractivity contribution in [1.29, 1.82) is 0 Å². The van der Waals surface area contributed by atoms with E-state index in [-0.39, 0.29) is 26.4 Å². The number of methoxy groups -OCH3 is 1. The fourth-order valence-corrected chi connectivity index (χ4v) is 5.99. The Morgan fingerprint density at radius 3 is 2.44 bits per heavy atom. The van der Waals surface area contributed by atoms with Gasteiger partial charge in [-0.3, -0.25) is 9.36 Å². The highest BCUT2D eigenvalue weighted by Crippen LogP contribution is 2.50. The molecule has 5 aromatic rings. The van der Waals surface area contributed by atoms with Gasteiger partial charge in [-0.1, -0.05) is 30.3 Å². The number of primary amides is 1. The number of amides is 1. The molecule has 0 fully saturated rings. The SMILES string of the molecule is CCOP(=O)(/C=C/c1cn(-c2ccccc2)nc1OCc1ccc(OCc2nc(-c3cccc(C(N)=O)c3)oc2C)c(OC)c1)OCC. The Hall–Kier alpha value is -5.16. The number of hydrogen-bond donors (Lipinski definition) is 1. The predicted octanol–water partition coefficient (Wildman–Crippen LogP) is 7.34. The van der Waals surface area contributed by atoms with Crippen LogP contribution in [0.2, 0.25) is 0 Å². The maximum atomic E-state index is 13.1. The van der Waals surface area contributed by atoms with Crippen LogP contribution in [-0.2, 0) is 26.8 Å². The highest BCUT2D eigenvalue weighted by atomic mass is 31.2. The molecule has 0 aliphatic rings. The lowest BCUT2D eigenvalue weighted by Gasteiger charge is -2.13. The molecule has 2 N–H and O–H groups in total. The van der Waals surface area contributed by atoms with Crippen LogP contribution in [0.4, 0.5) is 0 Å². The zero-order chi connectivity index (χ0) is 34.1. The van der Waals surface area contributed by atoms with Crippen molar-refractivity contribution in [3.63, 3.8) is 0 Å². The van der Waals surface area contributed by atoms with Crippen molar-refractivity contribution in [2.45, 2.75) is 34.0 Å². The number of benzene rings is 3. The van der Waals surface area contributed by atoms with E-state index >= 15 is 0 Å². The Labute approximate surface area is 278 Å². The molecule has 0 bridgehead atoms. The summed E-state index contributed by atoms with van der Waals surface area (Å²) in [5.41, 5.74) is 9.22. The molecule has 250 valence electrons. The largest absolute Gasteiger partial charge is 0.493 e. The van der Waals surface area contributed by atoms with E-state index in [9.17, 15) is 9.36 Å². The molecule has 1 amide bonds. The first kappa shape index (κ1) is 34.2. The average Bonchev–Trinajstić information content (AvgIpc) is 3.69. The third-order valence-corrected chi connectivity index (χ3v) is 8.79. The van der Waals surface area contributed by atoms with Gasteiger partial charge in [0.25, 0.3) is 0 Å². The average molecular weight is 673 g/mol. The molecule has 0 spiro atoms. The fraction of sp³-hybridized carbons (Fsp3) is 0.229. The number of aryl methyl sites for hydroxylation is 1. The molecule has 3 aromatic carbocycles. The topological polar surface area (TPSA) is 150 Å². The van der Waals surface area contributed by atoms with Crippen LogP contribution in [0.1, 0.15) is 46.8 Å². The summed E-state index contributed by atoms with van der Waals surface area (Å²) in [6.45, 7) is 6.06. The molecule has 0 aliphatic heterocycles. The van der Waals surface area contributed by atoms with Gasteiger partial charge in [0, 0.05) is 23.1 Å². The van der Waals surface area contributed by atoms with E-state index < -0.39 is 13.5 Å². The van der Waals surface area contributed by atoms with Crippen LogP contribution in [0.5, 0.6) is 17.4 Å². The molecule has 13 heteroatoms. The third kappa shape index (κ3) is 8.40. The zero-order valence-electron chi connectivity index (χ0n) is 27.1. The highest BCUT2D eigenvalue weighted by Gasteiger charge is 2.21. The van der Waals surface area contributed by atoms with E-state index in [4.69, 9.17) is 33.4 Å². The van der Waals surface area contributed by atoms with E-state index in [0.717, 1.165) is 11.3 Å². The number of ether oxygens (including phenoxy) is 3. The van der Waals surface area contributed by atoms with Crippen molar-refractivity contribution in [2.75, 3.05) is 20.3 Å². The summed E-state index contributed by atoms with van der Waals surface area (Å²) in [7, 11) is -1.89. The summed E-state index contributed by atoms with van der Waals surface area (Å²) in [5.74, 6) is 3.15. The summed E-state index contributed by atoms with van der Waals surface area (Å²) in [6.07, 6.45) is 3.42. The van der Waals surface area contributed by atoms with E-state index in [2.05, 4.69) is 10.1 Å². The summed E-state index contributed by atoms with van der Waals surface area (Å²) in [6, 6.07) is 21.8. The minimum Gasteiger partial charge on any atom is -0.493 e. The summed E-state index contributed by atoms with van der Waals surface area (Å²) in [5, 5.41) is 4.63. The van der Waals surface area contributed by atoms with Crippen molar-refractivity contribution >= 4 is 19.6 Å². The third-order valence-electron chi connectivity index (χ3n) is 7.04. The Kier molecular flexibility index (Phi) is 11.1. The van der Waals surface area contributed by atoms with Gasteiger partial charge in [-0.05, 0) is 74.9 Å². The van der Waals surface area contributed by atoms with Gasteiger partial charge in [0.2, 0.25) is 17.7 Å². The molecule has 0 radical (unpaired) electrons. The molecule has 0 saturated carbocycles. The molecule has 0 saturated heterocycles. The van der Waals surface area contributed by atoms with Crippen LogP contribution in [0.25, 0.3) is 23.2 Å². The quantitative estimate of drug-likeness (QED) is 0.106. The van der Waals surface area contributed by atoms with Crippen LogP contribution >= 0.6 is 7.60 Å². The van der Waals surface area contributed by atoms with Gasteiger partial charge in [0.1, 0.15) is 24.7 Å². The van der Waals surface area contributed by atoms with Gasteiger partial charge in [-0.15, -0.1) is 5.10 Å². The lowest BCUT2D eigenvalue weighted by Crippen LogP contribution is -2.10. The first-order valence-corrected chi connectivity index (χ1v) is 16.8. The van der Waals surface area contributed by atoms with Crippen molar-refractivity contribution in [3.05, 3.63) is 113 Å². The van der Waals surface area contributed by atoms with Gasteiger partial charge < -0.3 is 33.4 Å². The molecule has 0 atom stereocenters. The second-order valence-corrected chi connectivity index (χ2v) is 12.3. The van der Waals surface area contributed by atoms with Gasteiger partial charge in [0.05, 0.1) is 31.6 Å². The van der Waals surface area contributed by atoms with Gasteiger partial charge >= 0.3 is 7.60 Å². The van der Waals surface area contributed by atoms with Crippen molar-refractivity contribution < 1.29 is 37.0 Å². The summed E-state index contributed by atoms with van der Waals surface area (Å²) < 4.78 is 49.2. The summed E-state index contributed by atoms with van der Waals surface area (Å²) in [4.78, 5) is 16.2. The zero-order valence-corrected chi connectivity index (χ0v) is 28.0. The summed E-state index contributed by atoms with van der Waals surface area (Å²) >= 11 is 0. The number of rotatable bonds is 16. The van der Waals surface area contributed by atoms with Crippen molar-refractivity contribution in [3.8, 4) is 34.5 Å². The predicted molar refractivity (Wildman–Crippen MR) is 180 cm³/mol. The Morgan fingerprint density at radius 1 is 0.958 bits per heavy atom. The second kappa shape index (κ2) is 15.6. The standard InChI is InChI=1S/C35H37N4O8P/c1-5-45-48(41,46-6-2)18-17-28-21-39(29-13-8-7-9-14-29)38-35(28)44-22-25-15-16-31(32(19-25)42-4)43-23-30-24(3)47-34(37-30)27-12-10-11-26(20-27)33(36)40/h7-21H,5-6,22-23H2,1-4H3,(H2,36,40)/b18-17+. The normalized spacial score (nSPS) is 11.6. The lowest BCUT2D eigenvalue weighted by atomic mass is 10.1. The molecule has 12 nitrogen and oxygen atoms in total. The smallest absolute Gasteiger partial charge is 0.354 e. The van der Waals surface area contributed by atoms with Crippen LogP contribution in [0.15, 0.2) is 89.2 Å². The first-order valence-electron chi connectivity index (χ1n) is 15.2. The number of para-hydroxylation sites is 1. The minimum atomic E-state index is -3.44. The van der Waals surface area contributed by atoms with Crippen LogP contribution in [0, 0.1) is 6.92 Å². The first-order chi connectivity index (χ1) is 23.2. The number of carbonyl (C=O) groups is 1. The van der Waals surface area contributed by atoms with Crippen LogP contribution in [-0.4, -0.2) is 41.0 Å². The van der Waals surface area contributed by atoms with Crippen LogP contribution in [0.3, 0.4) is 0 Å². The minimum absolute atomic E-state index is 0.122. The number of aromatic nitrogens is 3. The fourth-order valence-electron chi connectivity index (χ4n) is 4.68. The van der Waals surface area contributed by atoms with Crippen molar-refractivity contribution in [1.82, 2.24) is 14.8 Å². The van der Waals surface area contributed by atoms with E-state index in [1.54, 1.807) is 75.2 Å². The van der Waals surface area contributed by atoms with E-state index in [1.165, 1.54) is 5.82 Å². The molecule has 48 heavy (non-hydrogen) atoms.